The van der Waals surface area contributed by atoms with Crippen LogP contribution in [-0.2, 0) is 4.79 Å². The summed E-state index contributed by atoms with van der Waals surface area (Å²) >= 11 is 0. The molecule has 1 rings (SSSR count). The molecule has 1 aromatic rings. The fraction of sp³-hybridized carbons (Fsp3) is 0.556. The quantitative estimate of drug-likeness (QED) is 0.751. The molecule has 0 aliphatic heterocycles. The molecule has 136 valence electrons. The van der Waals surface area contributed by atoms with E-state index in [1.807, 2.05) is 27.7 Å². The van der Waals surface area contributed by atoms with Crippen molar-refractivity contribution in [1.82, 2.24) is 4.90 Å². The third kappa shape index (κ3) is 4.95. The maximum atomic E-state index is 12.6. The second-order valence-corrected chi connectivity index (χ2v) is 5.70. The molecule has 0 aliphatic carbocycles. The molecule has 0 heterocycles. The molecule has 0 spiro atoms. The van der Waals surface area contributed by atoms with Crippen molar-refractivity contribution in [3.8, 4) is 0 Å². The van der Waals surface area contributed by atoms with E-state index in [4.69, 9.17) is 5.73 Å². The van der Waals surface area contributed by atoms with Gasteiger partial charge in [-0.15, -0.1) is 12.4 Å². The average Bonchev–Trinajstić information content (AvgIpc) is 2.58. The summed E-state index contributed by atoms with van der Waals surface area (Å²) in [6.45, 7) is 9.47. The highest BCUT2D eigenvalue weighted by molar-refractivity contribution is 5.98. The summed E-state index contributed by atoms with van der Waals surface area (Å²) in [4.78, 5) is 26.7. The van der Waals surface area contributed by atoms with Gasteiger partial charge in [0, 0.05) is 30.9 Å². The first kappa shape index (κ1) is 22.4. The number of nitrogens with one attached hydrogen (secondary N) is 1. The number of nitrogens with two attached hydrogens (primary N) is 1. The van der Waals surface area contributed by atoms with Crippen molar-refractivity contribution in [3.05, 3.63) is 29.8 Å². The number of carbonyl (C=O) groups excluding carboxylic acids is 2. The Hall–Kier alpha value is -1.59. The van der Waals surface area contributed by atoms with Gasteiger partial charge in [-0.2, -0.15) is 0 Å². The number of anilines is 1. The third-order valence-electron chi connectivity index (χ3n) is 4.64. The van der Waals surface area contributed by atoms with Crippen LogP contribution in [0.5, 0.6) is 0 Å². The fourth-order valence-corrected chi connectivity index (χ4v) is 2.64. The molecule has 0 unspecified atom stereocenters. The third-order valence-corrected chi connectivity index (χ3v) is 4.64. The van der Waals surface area contributed by atoms with Gasteiger partial charge in [0.1, 0.15) is 0 Å². The van der Waals surface area contributed by atoms with Gasteiger partial charge >= 0.3 is 0 Å². The van der Waals surface area contributed by atoms with E-state index in [2.05, 4.69) is 5.32 Å². The van der Waals surface area contributed by atoms with Gasteiger partial charge in [-0.25, -0.2) is 0 Å². The predicted molar refractivity (Wildman–Crippen MR) is 102 cm³/mol. The smallest absolute Gasteiger partial charge is 0.253 e. The van der Waals surface area contributed by atoms with Crippen LogP contribution in [0.3, 0.4) is 0 Å². The van der Waals surface area contributed by atoms with Crippen molar-refractivity contribution < 1.29 is 9.59 Å². The summed E-state index contributed by atoms with van der Waals surface area (Å²) in [5.41, 5.74) is 6.47. The lowest BCUT2D eigenvalue weighted by molar-refractivity contribution is -0.125. The predicted octanol–water partition coefficient (Wildman–Crippen LogP) is 3.29. The number of rotatable bonds is 8. The van der Waals surface area contributed by atoms with Crippen molar-refractivity contribution in [2.75, 3.05) is 25.0 Å². The van der Waals surface area contributed by atoms with Crippen LogP contribution in [0.15, 0.2) is 24.3 Å². The summed E-state index contributed by atoms with van der Waals surface area (Å²) in [7, 11) is 0. The van der Waals surface area contributed by atoms with Crippen molar-refractivity contribution in [3.63, 3.8) is 0 Å². The molecule has 5 nitrogen and oxygen atoms in total. The number of carbonyl (C=O) groups is 2. The number of halogens is 1. The van der Waals surface area contributed by atoms with Crippen molar-refractivity contribution in [2.24, 2.45) is 11.1 Å². The first-order chi connectivity index (χ1) is 11.0. The van der Waals surface area contributed by atoms with Gasteiger partial charge in [0.05, 0.1) is 5.41 Å². The zero-order valence-corrected chi connectivity index (χ0v) is 15.9. The van der Waals surface area contributed by atoms with Crippen LogP contribution >= 0.6 is 12.4 Å². The van der Waals surface area contributed by atoms with Crippen LogP contribution < -0.4 is 11.1 Å². The van der Waals surface area contributed by atoms with Crippen molar-refractivity contribution in [2.45, 2.75) is 40.5 Å². The van der Waals surface area contributed by atoms with E-state index < -0.39 is 5.41 Å². The minimum atomic E-state index is -0.557. The Balaban J connectivity index is 0.00000529. The standard InChI is InChI=1S/C18H29N3O2.ClH/c1-5-18(6-2,13-19)17(23)20-15-11-9-10-14(12-15)16(22)21(7-3)8-4;/h9-12H,5-8,13,19H2,1-4H3,(H,20,23);1H. The molecule has 0 aromatic heterocycles. The minimum Gasteiger partial charge on any atom is -0.339 e. The van der Waals surface area contributed by atoms with Gasteiger partial charge in [-0.05, 0) is 44.9 Å². The van der Waals surface area contributed by atoms with E-state index in [0.717, 1.165) is 0 Å². The maximum Gasteiger partial charge on any atom is 0.253 e. The molecule has 0 saturated heterocycles. The Morgan fingerprint density at radius 2 is 1.71 bits per heavy atom. The molecule has 0 bridgehead atoms. The van der Waals surface area contributed by atoms with Gasteiger partial charge in [0.25, 0.3) is 5.91 Å². The van der Waals surface area contributed by atoms with E-state index in [9.17, 15) is 9.59 Å². The molecule has 0 aliphatic rings. The first-order valence-electron chi connectivity index (χ1n) is 8.38. The normalized spacial score (nSPS) is 10.7. The Labute approximate surface area is 151 Å². The number of hydrogen-bond donors (Lipinski definition) is 2. The fourth-order valence-electron chi connectivity index (χ4n) is 2.64. The second kappa shape index (κ2) is 10.3. The molecule has 0 saturated carbocycles. The van der Waals surface area contributed by atoms with Crippen LogP contribution in [0, 0.1) is 5.41 Å². The maximum absolute atomic E-state index is 12.6. The lowest BCUT2D eigenvalue weighted by Gasteiger charge is -2.28. The number of amides is 2. The Morgan fingerprint density at radius 1 is 1.12 bits per heavy atom. The molecule has 6 heteroatoms. The van der Waals surface area contributed by atoms with Crippen molar-refractivity contribution >= 4 is 29.9 Å². The van der Waals surface area contributed by atoms with Crippen LogP contribution in [-0.4, -0.2) is 36.3 Å². The Morgan fingerprint density at radius 3 is 2.17 bits per heavy atom. The van der Waals surface area contributed by atoms with Gasteiger partial charge in [0.15, 0.2) is 0 Å². The minimum absolute atomic E-state index is 0. The zero-order valence-electron chi connectivity index (χ0n) is 15.1. The van der Waals surface area contributed by atoms with Crippen LogP contribution in [0.4, 0.5) is 5.69 Å². The molecular formula is C18H30ClN3O2. The topological polar surface area (TPSA) is 75.4 Å². The van der Waals surface area contributed by atoms with E-state index in [-0.39, 0.29) is 24.2 Å². The van der Waals surface area contributed by atoms with E-state index in [0.29, 0.717) is 43.7 Å². The monoisotopic (exact) mass is 355 g/mol. The van der Waals surface area contributed by atoms with Crippen LogP contribution in [0.25, 0.3) is 0 Å². The van der Waals surface area contributed by atoms with Gasteiger partial charge in [0.2, 0.25) is 5.91 Å². The highest BCUT2D eigenvalue weighted by atomic mass is 35.5. The van der Waals surface area contributed by atoms with Crippen LogP contribution in [0.1, 0.15) is 50.9 Å². The summed E-state index contributed by atoms with van der Waals surface area (Å²) in [6.07, 6.45) is 1.37. The van der Waals surface area contributed by atoms with Gasteiger partial charge in [-0.3, -0.25) is 9.59 Å². The van der Waals surface area contributed by atoms with E-state index in [1.165, 1.54) is 0 Å². The largest absolute Gasteiger partial charge is 0.339 e. The first-order valence-corrected chi connectivity index (χ1v) is 8.38. The Bertz CT molecular complexity index is 533. The summed E-state index contributed by atoms with van der Waals surface area (Å²) in [6, 6.07) is 7.08. The highest BCUT2D eigenvalue weighted by Gasteiger charge is 2.33. The van der Waals surface area contributed by atoms with E-state index >= 15 is 0 Å². The molecule has 0 radical (unpaired) electrons. The molecule has 3 N–H and O–H groups in total. The molecule has 24 heavy (non-hydrogen) atoms. The van der Waals surface area contributed by atoms with Gasteiger partial charge < -0.3 is 16.0 Å². The average molecular weight is 356 g/mol. The molecule has 2 amide bonds. The SMILES string of the molecule is CCN(CC)C(=O)c1cccc(NC(=O)C(CC)(CC)CN)c1.Cl. The molecule has 0 atom stereocenters. The number of benzene rings is 1. The zero-order chi connectivity index (χ0) is 17.5. The lowest BCUT2D eigenvalue weighted by atomic mass is 9.81. The highest BCUT2D eigenvalue weighted by Crippen LogP contribution is 2.27. The number of nitrogens with zero attached hydrogens (tertiary/aromatic N) is 1. The van der Waals surface area contributed by atoms with Gasteiger partial charge in [-0.1, -0.05) is 19.9 Å². The lowest BCUT2D eigenvalue weighted by Crippen LogP contribution is -2.41. The second-order valence-electron chi connectivity index (χ2n) is 5.70. The summed E-state index contributed by atoms with van der Waals surface area (Å²) < 4.78 is 0. The van der Waals surface area contributed by atoms with Crippen molar-refractivity contribution in [1.29, 1.82) is 0 Å². The van der Waals surface area contributed by atoms with Crippen LogP contribution in [0.2, 0.25) is 0 Å². The molecular weight excluding hydrogens is 326 g/mol. The number of hydrogen-bond acceptors (Lipinski definition) is 3. The summed E-state index contributed by atoms with van der Waals surface area (Å²) in [5.74, 6) is -0.111. The van der Waals surface area contributed by atoms with E-state index in [1.54, 1.807) is 29.2 Å². The Kier molecular flexibility index (Phi) is 9.63. The summed E-state index contributed by atoms with van der Waals surface area (Å²) in [5, 5.41) is 2.92. The molecule has 0 fully saturated rings. The molecule has 1 aromatic carbocycles.